The first kappa shape index (κ1) is 20.7. The van der Waals surface area contributed by atoms with Gasteiger partial charge in [-0.25, -0.2) is 0 Å². The maximum atomic E-state index is 12.4. The number of hydrogen-bond donors (Lipinski definition) is 2. The Hall–Kier alpha value is -3.03. The van der Waals surface area contributed by atoms with Crippen molar-refractivity contribution in [3.63, 3.8) is 0 Å². The van der Waals surface area contributed by atoms with Crippen molar-refractivity contribution in [1.29, 1.82) is 5.41 Å². The second-order valence-electron chi connectivity index (χ2n) is 8.56. The Morgan fingerprint density at radius 3 is 2.69 bits per heavy atom. The summed E-state index contributed by atoms with van der Waals surface area (Å²) in [7, 11) is 0. The van der Waals surface area contributed by atoms with Gasteiger partial charge in [-0.2, -0.15) is 4.98 Å². The van der Waals surface area contributed by atoms with Crippen molar-refractivity contribution < 1.29 is 14.1 Å². The molecule has 0 saturated carbocycles. The average Bonchev–Trinajstić information content (AvgIpc) is 3.17. The van der Waals surface area contributed by atoms with Gasteiger partial charge in [0.2, 0.25) is 24.0 Å². The minimum Gasteiger partial charge on any atom is -0.343 e. The fraction of sp³-hybridized carbons (Fsp3) is 0.476. The molecular weight excluding hydrogens is 370 g/mol. The molecule has 1 aliphatic rings. The predicted octanol–water partition coefficient (Wildman–Crippen LogP) is 3.44. The number of amides is 2. The molecule has 1 saturated heterocycles. The molecule has 8 heteroatoms. The van der Waals surface area contributed by atoms with Crippen LogP contribution in [0.25, 0.3) is 11.4 Å². The molecule has 2 aromatic rings. The number of rotatable bonds is 6. The van der Waals surface area contributed by atoms with Crippen LogP contribution in [-0.4, -0.2) is 46.7 Å². The van der Waals surface area contributed by atoms with Gasteiger partial charge in [0.05, 0.1) is 0 Å². The molecule has 0 atom stereocenters. The Balaban J connectivity index is 1.67. The van der Waals surface area contributed by atoms with E-state index in [-0.39, 0.29) is 17.2 Å². The topological polar surface area (TPSA) is 112 Å². The van der Waals surface area contributed by atoms with Crippen LogP contribution in [0, 0.1) is 10.8 Å². The summed E-state index contributed by atoms with van der Waals surface area (Å²) in [6.45, 7) is 7.60. The molecule has 0 radical (unpaired) electrons. The van der Waals surface area contributed by atoms with E-state index in [0.717, 1.165) is 12.8 Å². The van der Waals surface area contributed by atoms with Crippen molar-refractivity contribution in [2.75, 3.05) is 18.4 Å². The third kappa shape index (κ3) is 5.07. The number of nitrogens with one attached hydrogen (secondary N) is 2. The molecule has 0 spiro atoms. The fourth-order valence-corrected chi connectivity index (χ4v) is 3.47. The highest BCUT2D eigenvalue weighted by atomic mass is 16.5. The smallest absolute Gasteiger partial charge is 0.230 e. The van der Waals surface area contributed by atoms with Gasteiger partial charge in [0.25, 0.3) is 0 Å². The number of carbonyl (C=O) groups excluding carboxylic acids is 2. The molecule has 8 nitrogen and oxygen atoms in total. The van der Waals surface area contributed by atoms with Crippen LogP contribution in [0.2, 0.25) is 0 Å². The second kappa shape index (κ2) is 8.55. The zero-order valence-electron chi connectivity index (χ0n) is 17.1. The Bertz CT molecular complexity index is 892. The molecular formula is C21H27N5O3. The van der Waals surface area contributed by atoms with Crippen molar-refractivity contribution in [3.8, 4) is 11.4 Å². The van der Waals surface area contributed by atoms with E-state index in [1.165, 1.54) is 6.21 Å². The Morgan fingerprint density at radius 1 is 1.34 bits per heavy atom. The van der Waals surface area contributed by atoms with E-state index < -0.39 is 0 Å². The maximum absolute atomic E-state index is 12.4. The van der Waals surface area contributed by atoms with Gasteiger partial charge >= 0.3 is 0 Å². The highest BCUT2D eigenvalue weighted by molar-refractivity contribution is 5.91. The molecule has 29 heavy (non-hydrogen) atoms. The minimum atomic E-state index is -0.0137. The van der Waals surface area contributed by atoms with Gasteiger partial charge < -0.3 is 20.1 Å². The molecule has 2 heterocycles. The number of piperidine rings is 1. The summed E-state index contributed by atoms with van der Waals surface area (Å²) >= 11 is 0. The number of hydrogen-bond acceptors (Lipinski definition) is 6. The van der Waals surface area contributed by atoms with E-state index in [0.29, 0.717) is 54.4 Å². The van der Waals surface area contributed by atoms with Crippen LogP contribution in [0.4, 0.5) is 5.69 Å². The van der Waals surface area contributed by atoms with Crippen LogP contribution in [-0.2, 0) is 9.59 Å². The summed E-state index contributed by atoms with van der Waals surface area (Å²) in [5.41, 5.74) is 1.80. The van der Waals surface area contributed by atoms with Gasteiger partial charge in [-0.05, 0) is 24.3 Å². The highest BCUT2D eigenvalue weighted by Gasteiger charge is 2.29. The van der Waals surface area contributed by atoms with Crippen molar-refractivity contribution in [2.24, 2.45) is 5.41 Å². The molecule has 2 amide bonds. The van der Waals surface area contributed by atoms with Crippen LogP contribution in [0.15, 0.2) is 22.7 Å². The first-order chi connectivity index (χ1) is 13.8. The largest absolute Gasteiger partial charge is 0.343 e. The predicted molar refractivity (Wildman–Crippen MR) is 110 cm³/mol. The van der Waals surface area contributed by atoms with E-state index in [9.17, 15) is 9.59 Å². The van der Waals surface area contributed by atoms with Crippen LogP contribution < -0.4 is 5.32 Å². The van der Waals surface area contributed by atoms with E-state index in [2.05, 4.69) is 36.2 Å². The zero-order chi connectivity index (χ0) is 21.0. The lowest BCUT2D eigenvalue weighted by Crippen LogP contribution is -2.39. The van der Waals surface area contributed by atoms with Gasteiger partial charge in [0, 0.05) is 48.5 Å². The van der Waals surface area contributed by atoms with E-state index in [1.54, 1.807) is 18.2 Å². The average molecular weight is 397 g/mol. The number of nitrogens with zero attached hydrogens (tertiary/aromatic N) is 3. The molecule has 1 aromatic carbocycles. The minimum absolute atomic E-state index is 0.0137. The van der Waals surface area contributed by atoms with Crippen LogP contribution in [0.5, 0.6) is 0 Å². The summed E-state index contributed by atoms with van der Waals surface area (Å²) < 4.78 is 5.49. The molecule has 0 aliphatic carbocycles. The summed E-state index contributed by atoms with van der Waals surface area (Å²) in [5.74, 6) is 1.34. The Kier molecular flexibility index (Phi) is 6.10. The van der Waals surface area contributed by atoms with Gasteiger partial charge in [-0.15, -0.1) is 0 Å². The van der Waals surface area contributed by atoms with Gasteiger partial charge in [-0.1, -0.05) is 38.1 Å². The number of anilines is 1. The van der Waals surface area contributed by atoms with Crippen LogP contribution in [0.1, 0.15) is 57.4 Å². The van der Waals surface area contributed by atoms with Crippen molar-refractivity contribution in [3.05, 3.63) is 29.7 Å². The van der Waals surface area contributed by atoms with Crippen molar-refractivity contribution >= 4 is 24.2 Å². The first-order valence-electron chi connectivity index (χ1n) is 9.77. The van der Waals surface area contributed by atoms with Gasteiger partial charge in [0.1, 0.15) is 0 Å². The Labute approximate surface area is 170 Å². The summed E-state index contributed by atoms with van der Waals surface area (Å²) in [4.78, 5) is 29.7. The summed E-state index contributed by atoms with van der Waals surface area (Å²) in [6, 6.07) is 5.24. The molecule has 0 unspecified atom stereocenters. The van der Waals surface area contributed by atoms with Crippen LogP contribution in [0.3, 0.4) is 0 Å². The molecule has 154 valence electrons. The van der Waals surface area contributed by atoms with Crippen molar-refractivity contribution in [2.45, 2.75) is 46.0 Å². The molecule has 3 rings (SSSR count). The zero-order valence-corrected chi connectivity index (χ0v) is 17.1. The van der Waals surface area contributed by atoms with E-state index in [1.807, 2.05) is 4.90 Å². The lowest BCUT2D eigenvalue weighted by molar-refractivity contribution is -0.134. The SMILES string of the molecule is CC(C)(C)CC(=O)N1CCC(c2nc(-c3ccc(C=N)c(NC=O)c3)no2)CC1. The number of likely N-dealkylation sites (tertiary alicyclic amines) is 1. The third-order valence-electron chi connectivity index (χ3n) is 5.00. The van der Waals surface area contributed by atoms with Crippen molar-refractivity contribution in [1.82, 2.24) is 15.0 Å². The van der Waals surface area contributed by atoms with E-state index in [4.69, 9.17) is 9.93 Å². The second-order valence-corrected chi connectivity index (χ2v) is 8.56. The third-order valence-corrected chi connectivity index (χ3v) is 5.00. The van der Waals surface area contributed by atoms with Gasteiger partial charge in [-0.3, -0.25) is 9.59 Å². The standard InChI is InChI=1S/C21H27N5O3/c1-21(2,3)11-18(28)26-8-6-14(7-9-26)20-24-19(25-29-20)15-4-5-16(12-22)17(10-15)23-13-27/h4-5,10,12-14,22H,6-9,11H2,1-3H3,(H,23,27). The molecule has 2 N–H and O–H groups in total. The quantitative estimate of drug-likeness (QED) is 0.573. The van der Waals surface area contributed by atoms with Crippen LogP contribution >= 0.6 is 0 Å². The summed E-state index contributed by atoms with van der Waals surface area (Å²) in [5, 5.41) is 14.1. The fourth-order valence-electron chi connectivity index (χ4n) is 3.47. The lowest BCUT2D eigenvalue weighted by atomic mass is 9.90. The molecule has 1 aromatic heterocycles. The maximum Gasteiger partial charge on any atom is 0.230 e. The first-order valence-corrected chi connectivity index (χ1v) is 9.77. The Morgan fingerprint density at radius 2 is 2.07 bits per heavy atom. The number of carbonyl (C=O) groups is 2. The number of aromatic nitrogens is 2. The molecule has 1 fully saturated rings. The summed E-state index contributed by atoms with van der Waals surface area (Å²) in [6.07, 6.45) is 3.88. The molecule has 0 bridgehead atoms. The normalized spacial score (nSPS) is 15.2. The lowest BCUT2D eigenvalue weighted by Gasteiger charge is -2.32. The highest BCUT2D eigenvalue weighted by Crippen LogP contribution is 2.30. The number of benzene rings is 1. The molecule has 1 aliphatic heterocycles. The monoisotopic (exact) mass is 397 g/mol. The van der Waals surface area contributed by atoms with E-state index >= 15 is 0 Å². The van der Waals surface area contributed by atoms with Gasteiger partial charge in [0.15, 0.2) is 0 Å².